The van der Waals surface area contributed by atoms with Crippen LogP contribution in [0.3, 0.4) is 0 Å². The quantitative estimate of drug-likeness (QED) is 0.504. The molecule has 7 nitrogen and oxygen atoms in total. The van der Waals surface area contributed by atoms with Crippen LogP contribution in [0.2, 0.25) is 0 Å². The number of halogens is 1. The largest absolute Gasteiger partial charge is 0.451 e. The second kappa shape index (κ2) is 10.0. The summed E-state index contributed by atoms with van der Waals surface area (Å²) in [5.41, 5.74) is 1.18. The van der Waals surface area contributed by atoms with Crippen LogP contribution in [-0.4, -0.2) is 45.3 Å². The highest BCUT2D eigenvalue weighted by atomic mass is 32.2. The first-order valence-corrected chi connectivity index (χ1v) is 11.7. The monoisotopic (exact) mass is 476 g/mol. The van der Waals surface area contributed by atoms with Crippen molar-refractivity contribution in [1.82, 2.24) is 9.62 Å². The third-order valence-electron chi connectivity index (χ3n) is 4.48. The van der Waals surface area contributed by atoms with Gasteiger partial charge in [0.2, 0.25) is 10.0 Å². The van der Waals surface area contributed by atoms with Gasteiger partial charge in [-0.3, -0.25) is 4.79 Å². The Morgan fingerprint density at radius 3 is 2.41 bits per heavy atom. The maximum atomic E-state index is 13.1. The topological polar surface area (TPSA) is 92.8 Å². The molecule has 0 unspecified atom stereocenters. The molecule has 0 radical (unpaired) electrons. The molecule has 0 aliphatic carbocycles. The van der Waals surface area contributed by atoms with Crippen LogP contribution in [0, 0.1) is 5.82 Å². The van der Waals surface area contributed by atoms with Crippen LogP contribution in [0.15, 0.2) is 65.6 Å². The third kappa shape index (κ3) is 5.58. The average Bonchev–Trinajstić information content (AvgIpc) is 3.27. The average molecular weight is 477 g/mol. The summed E-state index contributed by atoms with van der Waals surface area (Å²) in [7, 11) is -0.809. The number of nitrogens with zero attached hydrogens (tertiary/aromatic N) is 1. The molecule has 0 saturated heterocycles. The zero-order chi connectivity index (χ0) is 23.3. The van der Waals surface area contributed by atoms with Gasteiger partial charge >= 0.3 is 5.97 Å². The maximum Gasteiger partial charge on any atom is 0.348 e. The number of ether oxygens (including phenoxy) is 1. The van der Waals surface area contributed by atoms with E-state index in [9.17, 15) is 22.4 Å². The van der Waals surface area contributed by atoms with Crippen LogP contribution in [0.5, 0.6) is 0 Å². The highest BCUT2D eigenvalue weighted by molar-refractivity contribution is 7.89. The Morgan fingerprint density at radius 1 is 1.03 bits per heavy atom. The van der Waals surface area contributed by atoms with E-state index in [2.05, 4.69) is 5.32 Å². The minimum Gasteiger partial charge on any atom is -0.451 e. The number of hydrogen-bond donors (Lipinski definition) is 1. The number of carbonyl (C=O) groups excluding carboxylic acids is 2. The lowest BCUT2D eigenvalue weighted by molar-refractivity contribution is -0.124. The lowest BCUT2D eigenvalue weighted by Crippen LogP contribution is -2.30. The van der Waals surface area contributed by atoms with Crippen molar-refractivity contribution in [3.05, 3.63) is 76.9 Å². The summed E-state index contributed by atoms with van der Waals surface area (Å²) in [6.45, 7) is -0.543. The van der Waals surface area contributed by atoms with Crippen LogP contribution in [0.25, 0.3) is 10.4 Å². The molecule has 3 aromatic rings. The summed E-state index contributed by atoms with van der Waals surface area (Å²) in [5, 5.41) is 2.56. The Labute approximate surface area is 189 Å². The Balaban J connectivity index is 1.56. The molecule has 1 amide bonds. The van der Waals surface area contributed by atoms with Crippen LogP contribution in [0.1, 0.15) is 15.2 Å². The molecule has 168 valence electrons. The molecule has 10 heteroatoms. The van der Waals surface area contributed by atoms with E-state index in [4.69, 9.17) is 4.74 Å². The molecule has 1 aromatic heterocycles. The van der Waals surface area contributed by atoms with Crippen molar-refractivity contribution in [3.8, 4) is 10.4 Å². The predicted molar refractivity (Wildman–Crippen MR) is 119 cm³/mol. The molecule has 3 rings (SSSR count). The van der Waals surface area contributed by atoms with Gasteiger partial charge in [0.1, 0.15) is 10.7 Å². The standard InChI is InChI=1S/C22H21FN2O5S2/c1-25(2)32(28,29)20-6-4-3-5-16(20)13-24-21(26)14-30-22(27)19-12-11-18(31-19)15-7-9-17(23)10-8-15/h3-12H,13-14H2,1-2H3,(H,24,26). The molecule has 1 N–H and O–H groups in total. The Morgan fingerprint density at radius 2 is 1.72 bits per heavy atom. The lowest BCUT2D eigenvalue weighted by Gasteiger charge is -2.15. The zero-order valence-corrected chi connectivity index (χ0v) is 19.0. The molecule has 2 aromatic carbocycles. The summed E-state index contributed by atoms with van der Waals surface area (Å²) in [5.74, 6) is -1.57. The smallest absolute Gasteiger partial charge is 0.348 e. The van der Waals surface area contributed by atoms with Crippen molar-refractivity contribution >= 4 is 33.2 Å². The van der Waals surface area contributed by atoms with E-state index in [0.717, 1.165) is 14.7 Å². The van der Waals surface area contributed by atoms with E-state index in [1.165, 1.54) is 43.6 Å². The van der Waals surface area contributed by atoms with E-state index >= 15 is 0 Å². The van der Waals surface area contributed by atoms with E-state index in [1.54, 1.807) is 42.5 Å². The molecule has 0 aliphatic heterocycles. The molecular weight excluding hydrogens is 455 g/mol. The van der Waals surface area contributed by atoms with Crippen molar-refractivity contribution in [2.75, 3.05) is 20.7 Å². The van der Waals surface area contributed by atoms with Gasteiger partial charge in [-0.15, -0.1) is 11.3 Å². The lowest BCUT2D eigenvalue weighted by atomic mass is 10.2. The van der Waals surface area contributed by atoms with Crippen LogP contribution >= 0.6 is 11.3 Å². The predicted octanol–water partition coefficient (Wildman–Crippen LogP) is 3.28. The van der Waals surface area contributed by atoms with Gasteiger partial charge in [-0.25, -0.2) is 21.9 Å². The van der Waals surface area contributed by atoms with Gasteiger partial charge in [-0.2, -0.15) is 0 Å². The van der Waals surface area contributed by atoms with Crippen molar-refractivity contribution in [1.29, 1.82) is 0 Å². The normalized spacial score (nSPS) is 11.4. The minimum absolute atomic E-state index is 0.0344. The zero-order valence-electron chi connectivity index (χ0n) is 17.4. The molecule has 0 atom stereocenters. The van der Waals surface area contributed by atoms with Crippen molar-refractivity contribution < 1.29 is 27.1 Å². The summed E-state index contributed by atoms with van der Waals surface area (Å²) < 4.78 is 44.0. The van der Waals surface area contributed by atoms with E-state index in [0.29, 0.717) is 10.4 Å². The second-order valence-electron chi connectivity index (χ2n) is 6.92. The van der Waals surface area contributed by atoms with Crippen molar-refractivity contribution in [2.45, 2.75) is 11.4 Å². The van der Waals surface area contributed by atoms with Crippen molar-refractivity contribution in [2.24, 2.45) is 0 Å². The van der Waals surface area contributed by atoms with Crippen LogP contribution in [0.4, 0.5) is 4.39 Å². The Kier molecular flexibility index (Phi) is 7.39. The highest BCUT2D eigenvalue weighted by Crippen LogP contribution is 2.28. The van der Waals surface area contributed by atoms with Crippen LogP contribution < -0.4 is 5.32 Å². The fourth-order valence-electron chi connectivity index (χ4n) is 2.76. The van der Waals surface area contributed by atoms with Gasteiger partial charge in [0, 0.05) is 25.5 Å². The fraction of sp³-hybridized carbons (Fsp3) is 0.182. The number of rotatable bonds is 8. The Bertz CT molecular complexity index is 1220. The molecule has 0 aliphatic rings. The SMILES string of the molecule is CN(C)S(=O)(=O)c1ccccc1CNC(=O)COC(=O)c1ccc(-c2ccc(F)cc2)s1. The molecule has 1 heterocycles. The maximum absolute atomic E-state index is 13.1. The van der Waals surface area contributed by atoms with E-state index in [1.807, 2.05) is 0 Å². The first kappa shape index (κ1) is 23.6. The Hall–Kier alpha value is -3.08. The first-order chi connectivity index (χ1) is 15.2. The summed E-state index contributed by atoms with van der Waals surface area (Å²) >= 11 is 1.17. The number of amides is 1. The van der Waals surface area contributed by atoms with Crippen molar-refractivity contribution in [3.63, 3.8) is 0 Å². The number of carbonyl (C=O) groups is 2. The van der Waals surface area contributed by atoms with Gasteiger partial charge < -0.3 is 10.1 Å². The first-order valence-electron chi connectivity index (χ1n) is 9.48. The number of benzene rings is 2. The molecular formula is C22H21FN2O5S2. The number of esters is 1. The van der Waals surface area contributed by atoms with Gasteiger partial charge in [0.05, 0.1) is 4.90 Å². The molecule has 32 heavy (non-hydrogen) atoms. The van der Waals surface area contributed by atoms with Crippen LogP contribution in [-0.2, 0) is 26.1 Å². The molecule has 0 saturated carbocycles. The number of thiophene rings is 1. The highest BCUT2D eigenvalue weighted by Gasteiger charge is 2.21. The minimum atomic E-state index is -3.66. The second-order valence-corrected chi connectivity index (χ2v) is 10.1. The molecule has 0 spiro atoms. The fourth-order valence-corrected chi connectivity index (χ4v) is 4.78. The van der Waals surface area contributed by atoms with Gasteiger partial charge in [-0.05, 0) is 41.5 Å². The van der Waals surface area contributed by atoms with E-state index < -0.39 is 28.5 Å². The van der Waals surface area contributed by atoms with Gasteiger partial charge in [0.25, 0.3) is 5.91 Å². The number of hydrogen-bond acceptors (Lipinski definition) is 6. The molecule has 0 fully saturated rings. The van der Waals surface area contributed by atoms with Gasteiger partial charge in [0.15, 0.2) is 6.61 Å². The molecule has 0 bridgehead atoms. The summed E-state index contributed by atoms with van der Waals surface area (Å²) in [4.78, 5) is 25.5. The summed E-state index contributed by atoms with van der Waals surface area (Å²) in [6, 6.07) is 15.5. The third-order valence-corrected chi connectivity index (χ3v) is 7.51. The van der Waals surface area contributed by atoms with E-state index in [-0.39, 0.29) is 17.3 Å². The van der Waals surface area contributed by atoms with Gasteiger partial charge in [-0.1, -0.05) is 30.3 Å². The summed E-state index contributed by atoms with van der Waals surface area (Å²) in [6.07, 6.45) is 0. The number of nitrogens with one attached hydrogen (secondary N) is 1. The number of sulfonamides is 1.